The number of pyridine rings is 1. The van der Waals surface area contributed by atoms with Gasteiger partial charge in [0, 0.05) is 36.0 Å². The molecule has 5 rings (SSSR count). The van der Waals surface area contributed by atoms with Crippen LogP contribution in [0.1, 0.15) is 36.4 Å². The summed E-state index contributed by atoms with van der Waals surface area (Å²) in [4.78, 5) is 16.9. The number of ether oxygens (including phenoxy) is 1. The molecule has 2 aliphatic carbocycles. The monoisotopic (exact) mass is 421 g/mol. The third-order valence-corrected chi connectivity index (χ3v) is 6.24. The Balaban J connectivity index is 1.36. The Morgan fingerprint density at radius 2 is 2.13 bits per heavy atom. The van der Waals surface area contributed by atoms with Gasteiger partial charge in [-0.25, -0.2) is 9.78 Å². The SMILES string of the molecule is COc1cc(-c2ccc3c(c2NC(=O)NSc2ccn(C4CC4)n2)CCC3)ccn1. The molecule has 154 valence electrons. The average Bonchev–Trinajstić information content (AvgIpc) is 3.31. The van der Waals surface area contributed by atoms with Crippen molar-refractivity contribution >= 4 is 23.7 Å². The van der Waals surface area contributed by atoms with Gasteiger partial charge in [0.25, 0.3) is 0 Å². The van der Waals surface area contributed by atoms with Crippen LogP contribution in [0.4, 0.5) is 10.5 Å². The average molecular weight is 422 g/mol. The van der Waals surface area contributed by atoms with Crippen LogP contribution >= 0.6 is 11.9 Å². The van der Waals surface area contributed by atoms with Gasteiger partial charge in [-0.05, 0) is 60.9 Å². The highest BCUT2D eigenvalue weighted by molar-refractivity contribution is 7.97. The normalized spacial score (nSPS) is 15.0. The molecule has 2 aliphatic rings. The number of urea groups is 1. The van der Waals surface area contributed by atoms with Crippen LogP contribution < -0.4 is 14.8 Å². The van der Waals surface area contributed by atoms with Crippen molar-refractivity contribution in [3.05, 3.63) is 53.9 Å². The van der Waals surface area contributed by atoms with Crippen LogP contribution in [0, 0.1) is 0 Å². The number of fused-ring (bicyclic) bond motifs is 1. The molecular weight excluding hydrogens is 398 g/mol. The van der Waals surface area contributed by atoms with Crippen LogP contribution in [-0.4, -0.2) is 27.9 Å². The number of aryl methyl sites for hydroxylation is 1. The molecule has 3 aromatic rings. The predicted octanol–water partition coefficient (Wildman–Crippen LogP) is 4.61. The van der Waals surface area contributed by atoms with Crippen LogP contribution in [0.25, 0.3) is 11.1 Å². The van der Waals surface area contributed by atoms with Crippen molar-refractivity contribution in [1.29, 1.82) is 0 Å². The van der Waals surface area contributed by atoms with Crippen LogP contribution in [-0.2, 0) is 12.8 Å². The summed E-state index contributed by atoms with van der Waals surface area (Å²) >= 11 is 1.23. The zero-order valence-electron chi connectivity index (χ0n) is 16.7. The highest BCUT2D eigenvalue weighted by Gasteiger charge is 2.24. The molecule has 0 spiro atoms. The number of benzene rings is 1. The molecule has 8 heteroatoms. The van der Waals surface area contributed by atoms with E-state index in [1.165, 1.54) is 35.9 Å². The lowest BCUT2D eigenvalue weighted by Gasteiger charge is -2.16. The van der Waals surface area contributed by atoms with E-state index in [9.17, 15) is 4.79 Å². The Morgan fingerprint density at radius 1 is 1.23 bits per heavy atom. The first-order valence-corrected chi connectivity index (χ1v) is 11.0. The van der Waals surface area contributed by atoms with Crippen LogP contribution in [0.2, 0.25) is 0 Å². The Hall–Kier alpha value is -3.00. The zero-order valence-corrected chi connectivity index (χ0v) is 17.5. The summed E-state index contributed by atoms with van der Waals surface area (Å²) in [6.45, 7) is 0. The molecule has 30 heavy (non-hydrogen) atoms. The van der Waals surface area contributed by atoms with Crippen molar-refractivity contribution in [2.75, 3.05) is 12.4 Å². The van der Waals surface area contributed by atoms with E-state index < -0.39 is 0 Å². The maximum absolute atomic E-state index is 12.7. The van der Waals surface area contributed by atoms with E-state index >= 15 is 0 Å². The lowest BCUT2D eigenvalue weighted by Crippen LogP contribution is -2.24. The van der Waals surface area contributed by atoms with Crippen LogP contribution in [0.15, 0.2) is 47.8 Å². The molecule has 2 N–H and O–H groups in total. The molecule has 2 amide bonds. The molecule has 0 saturated heterocycles. The quantitative estimate of drug-likeness (QED) is 0.568. The summed E-state index contributed by atoms with van der Waals surface area (Å²) in [5.41, 5.74) is 5.30. The second-order valence-corrected chi connectivity index (χ2v) is 8.42. The first-order valence-electron chi connectivity index (χ1n) is 10.2. The molecule has 0 aliphatic heterocycles. The van der Waals surface area contributed by atoms with Gasteiger partial charge in [-0.3, -0.25) is 9.40 Å². The van der Waals surface area contributed by atoms with E-state index in [-0.39, 0.29) is 6.03 Å². The molecule has 0 radical (unpaired) electrons. The number of methoxy groups -OCH3 is 1. The summed E-state index contributed by atoms with van der Waals surface area (Å²) in [6.07, 6.45) is 9.15. The van der Waals surface area contributed by atoms with Crippen molar-refractivity contribution < 1.29 is 9.53 Å². The summed E-state index contributed by atoms with van der Waals surface area (Å²) in [5.74, 6) is 0.546. The lowest BCUT2D eigenvalue weighted by atomic mass is 9.98. The predicted molar refractivity (Wildman–Crippen MR) is 117 cm³/mol. The highest BCUT2D eigenvalue weighted by Crippen LogP contribution is 2.38. The molecule has 0 bridgehead atoms. The molecule has 7 nitrogen and oxygen atoms in total. The van der Waals surface area contributed by atoms with E-state index in [4.69, 9.17) is 4.74 Å². The minimum absolute atomic E-state index is 0.261. The van der Waals surface area contributed by atoms with Gasteiger partial charge in [-0.2, -0.15) is 5.10 Å². The molecule has 1 saturated carbocycles. The summed E-state index contributed by atoms with van der Waals surface area (Å²) in [7, 11) is 1.60. The second kappa shape index (κ2) is 8.02. The fraction of sp³-hybridized carbons (Fsp3) is 0.318. The molecule has 0 unspecified atom stereocenters. The van der Waals surface area contributed by atoms with Gasteiger partial charge < -0.3 is 10.1 Å². The van der Waals surface area contributed by atoms with E-state index in [1.807, 2.05) is 29.1 Å². The maximum atomic E-state index is 12.7. The fourth-order valence-electron chi connectivity index (χ4n) is 3.89. The van der Waals surface area contributed by atoms with Crippen LogP contribution in [0.3, 0.4) is 0 Å². The molecular formula is C22H23N5O2S. The summed E-state index contributed by atoms with van der Waals surface area (Å²) in [5, 5.41) is 8.39. The van der Waals surface area contributed by atoms with Crippen molar-refractivity contribution in [3.63, 3.8) is 0 Å². The zero-order chi connectivity index (χ0) is 20.5. The fourth-order valence-corrected chi connectivity index (χ4v) is 4.41. The van der Waals surface area contributed by atoms with E-state index in [0.29, 0.717) is 11.9 Å². The lowest BCUT2D eigenvalue weighted by molar-refractivity contribution is 0.257. The van der Waals surface area contributed by atoms with Crippen molar-refractivity contribution in [2.45, 2.75) is 43.2 Å². The minimum atomic E-state index is -0.261. The number of nitrogens with zero attached hydrogens (tertiary/aromatic N) is 3. The van der Waals surface area contributed by atoms with Gasteiger partial charge in [0.1, 0.15) is 5.03 Å². The third kappa shape index (κ3) is 3.87. The van der Waals surface area contributed by atoms with Crippen molar-refractivity contribution in [2.24, 2.45) is 0 Å². The minimum Gasteiger partial charge on any atom is -0.481 e. The number of anilines is 1. The number of carbonyl (C=O) groups excluding carboxylic acids is 1. The largest absolute Gasteiger partial charge is 0.481 e. The van der Waals surface area contributed by atoms with Gasteiger partial charge in [0.05, 0.1) is 18.8 Å². The smallest absolute Gasteiger partial charge is 0.329 e. The number of aromatic nitrogens is 3. The number of hydrogen-bond acceptors (Lipinski definition) is 5. The van der Waals surface area contributed by atoms with Crippen molar-refractivity contribution in [3.8, 4) is 17.0 Å². The highest BCUT2D eigenvalue weighted by atomic mass is 32.2. The first kappa shape index (κ1) is 19.0. The standard InChI is InChI=1S/C22H23N5O2S/c1-29-19-13-15(9-11-23-19)18-8-5-14-3-2-4-17(14)21(18)24-22(28)26-30-20-10-12-27(25-20)16-6-7-16/h5,8-13,16H,2-4,6-7H2,1H3,(H2,24,26,28). The Morgan fingerprint density at radius 3 is 2.97 bits per heavy atom. The third-order valence-electron chi connectivity index (χ3n) is 5.53. The molecule has 0 atom stereocenters. The van der Waals surface area contributed by atoms with E-state index in [2.05, 4.69) is 32.3 Å². The Labute approximate surface area is 179 Å². The van der Waals surface area contributed by atoms with E-state index in [1.54, 1.807) is 13.3 Å². The maximum Gasteiger partial charge on any atom is 0.329 e. The molecule has 2 aromatic heterocycles. The Bertz CT molecular complexity index is 1090. The number of rotatable bonds is 6. The van der Waals surface area contributed by atoms with E-state index in [0.717, 1.165) is 41.1 Å². The topological polar surface area (TPSA) is 81.1 Å². The summed E-state index contributed by atoms with van der Waals surface area (Å²) < 4.78 is 10.1. The number of amides is 2. The van der Waals surface area contributed by atoms with Gasteiger partial charge >= 0.3 is 6.03 Å². The van der Waals surface area contributed by atoms with Crippen LogP contribution in [0.5, 0.6) is 5.88 Å². The van der Waals surface area contributed by atoms with Gasteiger partial charge in [0.15, 0.2) is 0 Å². The molecule has 2 heterocycles. The van der Waals surface area contributed by atoms with Gasteiger partial charge in [0.2, 0.25) is 5.88 Å². The second-order valence-electron chi connectivity index (χ2n) is 7.59. The number of carbonyl (C=O) groups is 1. The van der Waals surface area contributed by atoms with Gasteiger partial charge in [-0.15, -0.1) is 0 Å². The Kier molecular flexibility index (Phi) is 5.08. The first-order chi connectivity index (χ1) is 14.7. The molecule has 1 aromatic carbocycles. The van der Waals surface area contributed by atoms with Gasteiger partial charge in [-0.1, -0.05) is 12.1 Å². The summed E-state index contributed by atoms with van der Waals surface area (Å²) in [6, 6.07) is 10.2. The van der Waals surface area contributed by atoms with Crippen molar-refractivity contribution in [1.82, 2.24) is 19.5 Å². The number of hydrogen-bond donors (Lipinski definition) is 2. The molecule has 1 fully saturated rings. The number of nitrogens with one attached hydrogen (secondary N) is 2.